The van der Waals surface area contributed by atoms with Gasteiger partial charge in [0.1, 0.15) is 5.75 Å². The van der Waals surface area contributed by atoms with Crippen molar-refractivity contribution in [2.24, 2.45) is 0 Å². The number of carbonyl (C=O) groups excluding carboxylic acids is 1. The Kier molecular flexibility index (Phi) is 4.43. The van der Waals surface area contributed by atoms with Crippen LogP contribution in [0.25, 0.3) is 0 Å². The maximum absolute atomic E-state index is 11.2. The molecule has 1 saturated carbocycles. The van der Waals surface area contributed by atoms with Gasteiger partial charge in [-0.3, -0.25) is 4.79 Å². The average molecular weight is 262 g/mol. The molecule has 0 radical (unpaired) electrons. The Morgan fingerprint density at radius 3 is 2.47 bits per heavy atom. The number of hydrogen-bond donors (Lipinski definition) is 2. The van der Waals surface area contributed by atoms with E-state index < -0.39 is 0 Å². The molecule has 1 aromatic carbocycles. The van der Waals surface area contributed by atoms with Gasteiger partial charge in [-0.15, -0.1) is 0 Å². The number of likely N-dealkylation sites (N-methyl/N-ethyl adjacent to an activating group) is 1. The predicted molar refractivity (Wildman–Crippen MR) is 75.3 cm³/mol. The standard InChI is InChI=1S/C15H22N2O2/c1-10-6-12(8-17-13-4-5-13)7-11(2)15(10)19-9-14(18)16-3/h6-7,13,17H,4-5,8-9H2,1-3H3,(H,16,18). The summed E-state index contributed by atoms with van der Waals surface area (Å²) in [6, 6.07) is 4.97. The lowest BCUT2D eigenvalue weighted by atomic mass is 10.1. The second-order valence-corrected chi connectivity index (χ2v) is 5.18. The van der Waals surface area contributed by atoms with Gasteiger partial charge in [-0.25, -0.2) is 0 Å². The van der Waals surface area contributed by atoms with E-state index in [0.29, 0.717) is 6.04 Å². The normalized spacial score (nSPS) is 14.3. The van der Waals surface area contributed by atoms with Gasteiger partial charge in [0.05, 0.1) is 0 Å². The third-order valence-electron chi connectivity index (χ3n) is 3.32. The van der Waals surface area contributed by atoms with Crippen LogP contribution in [0.3, 0.4) is 0 Å². The van der Waals surface area contributed by atoms with Gasteiger partial charge in [0.25, 0.3) is 5.91 Å². The van der Waals surface area contributed by atoms with Crippen molar-refractivity contribution in [2.75, 3.05) is 13.7 Å². The van der Waals surface area contributed by atoms with E-state index in [4.69, 9.17) is 4.74 Å². The number of amides is 1. The Bertz CT molecular complexity index is 444. The number of nitrogens with one attached hydrogen (secondary N) is 2. The fourth-order valence-electron chi connectivity index (χ4n) is 2.13. The summed E-state index contributed by atoms with van der Waals surface area (Å²) in [5.41, 5.74) is 3.43. The highest BCUT2D eigenvalue weighted by Crippen LogP contribution is 2.25. The summed E-state index contributed by atoms with van der Waals surface area (Å²) in [6.07, 6.45) is 2.59. The van der Waals surface area contributed by atoms with Crippen molar-refractivity contribution in [3.8, 4) is 5.75 Å². The quantitative estimate of drug-likeness (QED) is 0.820. The van der Waals surface area contributed by atoms with Crippen molar-refractivity contribution in [3.05, 3.63) is 28.8 Å². The maximum Gasteiger partial charge on any atom is 0.257 e. The Morgan fingerprint density at radius 2 is 1.95 bits per heavy atom. The molecule has 1 aromatic rings. The minimum atomic E-state index is -0.113. The molecule has 0 atom stereocenters. The van der Waals surface area contributed by atoms with Crippen LogP contribution in [-0.4, -0.2) is 25.6 Å². The van der Waals surface area contributed by atoms with Crippen LogP contribution in [0.15, 0.2) is 12.1 Å². The maximum atomic E-state index is 11.2. The minimum absolute atomic E-state index is 0.0673. The van der Waals surface area contributed by atoms with E-state index in [0.717, 1.165) is 23.4 Å². The number of benzene rings is 1. The zero-order valence-corrected chi connectivity index (χ0v) is 11.9. The summed E-state index contributed by atoms with van der Waals surface area (Å²) in [6.45, 7) is 5.01. The molecule has 0 bridgehead atoms. The number of hydrogen-bond acceptors (Lipinski definition) is 3. The summed E-state index contributed by atoms with van der Waals surface area (Å²) in [5, 5.41) is 6.05. The third-order valence-corrected chi connectivity index (χ3v) is 3.32. The van der Waals surface area contributed by atoms with Crippen molar-refractivity contribution < 1.29 is 9.53 Å². The van der Waals surface area contributed by atoms with Gasteiger partial charge < -0.3 is 15.4 Å². The molecule has 1 amide bonds. The predicted octanol–water partition coefficient (Wildman–Crippen LogP) is 1.68. The van der Waals surface area contributed by atoms with Gasteiger partial charge in [0.15, 0.2) is 6.61 Å². The van der Waals surface area contributed by atoms with E-state index in [-0.39, 0.29) is 12.5 Å². The number of carbonyl (C=O) groups is 1. The molecule has 2 N–H and O–H groups in total. The molecule has 2 rings (SSSR count). The van der Waals surface area contributed by atoms with Crippen molar-refractivity contribution >= 4 is 5.91 Å². The molecule has 1 aliphatic carbocycles. The van der Waals surface area contributed by atoms with E-state index in [1.165, 1.54) is 18.4 Å². The second-order valence-electron chi connectivity index (χ2n) is 5.18. The van der Waals surface area contributed by atoms with E-state index in [1.807, 2.05) is 13.8 Å². The molecule has 0 unspecified atom stereocenters. The molecule has 4 nitrogen and oxygen atoms in total. The zero-order valence-electron chi connectivity index (χ0n) is 11.9. The lowest BCUT2D eigenvalue weighted by Crippen LogP contribution is -2.25. The number of rotatable bonds is 6. The molecule has 0 spiro atoms. The SMILES string of the molecule is CNC(=O)COc1c(C)cc(CNC2CC2)cc1C. The van der Waals surface area contributed by atoms with Crippen molar-refractivity contribution in [1.82, 2.24) is 10.6 Å². The van der Waals surface area contributed by atoms with Crippen LogP contribution < -0.4 is 15.4 Å². The van der Waals surface area contributed by atoms with Crippen LogP contribution in [0, 0.1) is 13.8 Å². The first-order chi connectivity index (χ1) is 9.10. The molecule has 0 aliphatic heterocycles. The van der Waals surface area contributed by atoms with Gasteiger partial charge in [0, 0.05) is 19.6 Å². The van der Waals surface area contributed by atoms with Gasteiger partial charge in [0.2, 0.25) is 0 Å². The van der Waals surface area contributed by atoms with Crippen LogP contribution >= 0.6 is 0 Å². The first-order valence-corrected chi connectivity index (χ1v) is 6.77. The van der Waals surface area contributed by atoms with Gasteiger partial charge in [-0.05, 0) is 43.4 Å². The van der Waals surface area contributed by atoms with E-state index in [2.05, 4.69) is 22.8 Å². The zero-order chi connectivity index (χ0) is 13.8. The molecule has 4 heteroatoms. The van der Waals surface area contributed by atoms with Gasteiger partial charge in [-0.2, -0.15) is 0 Å². The lowest BCUT2D eigenvalue weighted by Gasteiger charge is -2.14. The summed E-state index contributed by atoms with van der Waals surface area (Å²) in [4.78, 5) is 11.2. The Balaban J connectivity index is 2.00. The lowest BCUT2D eigenvalue weighted by molar-refractivity contribution is -0.122. The van der Waals surface area contributed by atoms with Gasteiger partial charge in [-0.1, -0.05) is 12.1 Å². The van der Waals surface area contributed by atoms with E-state index in [1.54, 1.807) is 7.05 Å². The van der Waals surface area contributed by atoms with E-state index in [9.17, 15) is 4.79 Å². The molecular formula is C15H22N2O2. The highest BCUT2D eigenvalue weighted by molar-refractivity contribution is 5.77. The smallest absolute Gasteiger partial charge is 0.257 e. The highest BCUT2D eigenvalue weighted by atomic mass is 16.5. The Hall–Kier alpha value is -1.55. The van der Waals surface area contributed by atoms with Crippen LogP contribution in [0.2, 0.25) is 0 Å². The monoisotopic (exact) mass is 262 g/mol. The van der Waals surface area contributed by atoms with E-state index >= 15 is 0 Å². The second kappa shape index (κ2) is 6.06. The Morgan fingerprint density at radius 1 is 1.32 bits per heavy atom. The van der Waals surface area contributed by atoms with Crippen molar-refractivity contribution in [2.45, 2.75) is 39.3 Å². The number of ether oxygens (including phenoxy) is 1. The first-order valence-electron chi connectivity index (χ1n) is 6.77. The molecule has 1 aliphatic rings. The molecule has 0 saturated heterocycles. The van der Waals surface area contributed by atoms with Crippen molar-refractivity contribution in [1.29, 1.82) is 0 Å². The highest BCUT2D eigenvalue weighted by Gasteiger charge is 2.20. The molecule has 104 valence electrons. The van der Waals surface area contributed by atoms with Gasteiger partial charge >= 0.3 is 0 Å². The topological polar surface area (TPSA) is 50.4 Å². The number of aryl methyl sites for hydroxylation is 2. The fourth-order valence-corrected chi connectivity index (χ4v) is 2.13. The summed E-state index contributed by atoms with van der Waals surface area (Å²) < 4.78 is 5.58. The molecule has 19 heavy (non-hydrogen) atoms. The van der Waals surface area contributed by atoms with Crippen LogP contribution in [0.5, 0.6) is 5.75 Å². The Labute approximate surface area is 114 Å². The first kappa shape index (κ1) is 13.9. The van der Waals surface area contributed by atoms with Crippen LogP contribution in [0.4, 0.5) is 0 Å². The third kappa shape index (κ3) is 3.96. The minimum Gasteiger partial charge on any atom is -0.483 e. The molecular weight excluding hydrogens is 240 g/mol. The summed E-state index contributed by atoms with van der Waals surface area (Å²) >= 11 is 0. The largest absolute Gasteiger partial charge is 0.483 e. The average Bonchev–Trinajstić information content (AvgIpc) is 3.19. The summed E-state index contributed by atoms with van der Waals surface area (Å²) in [7, 11) is 1.61. The molecule has 0 aromatic heterocycles. The van der Waals surface area contributed by atoms with Crippen molar-refractivity contribution in [3.63, 3.8) is 0 Å². The summed E-state index contributed by atoms with van der Waals surface area (Å²) in [5.74, 6) is 0.706. The van der Waals surface area contributed by atoms with Crippen LogP contribution in [-0.2, 0) is 11.3 Å². The van der Waals surface area contributed by atoms with Crippen LogP contribution in [0.1, 0.15) is 29.5 Å². The molecule has 1 fully saturated rings. The molecule has 0 heterocycles. The fraction of sp³-hybridized carbons (Fsp3) is 0.533.